The van der Waals surface area contributed by atoms with Gasteiger partial charge in [-0.15, -0.1) is 0 Å². The average Bonchev–Trinajstić information content (AvgIpc) is 2.29. The van der Waals surface area contributed by atoms with Gasteiger partial charge in [0.15, 0.2) is 0 Å². The molecule has 2 atom stereocenters. The number of aliphatic hydroxyl groups excluding tert-OH is 1. The largest absolute Gasteiger partial charge is 0.477 e. The fraction of sp³-hybridized carbons (Fsp3) is 0.545. The number of carboxylic acid groups (broad SMARTS) is 1. The highest BCUT2D eigenvalue weighted by Crippen LogP contribution is 2.22. The van der Waals surface area contributed by atoms with E-state index in [4.69, 9.17) is 5.11 Å². The lowest BCUT2D eigenvalue weighted by Crippen LogP contribution is -2.30. The molecule has 2 rings (SSSR count). The van der Waals surface area contributed by atoms with Crippen LogP contribution < -0.4 is 5.32 Å². The van der Waals surface area contributed by atoms with E-state index in [-0.39, 0.29) is 17.7 Å². The minimum Gasteiger partial charge on any atom is -0.477 e. The van der Waals surface area contributed by atoms with Crippen molar-refractivity contribution in [1.82, 2.24) is 9.97 Å². The number of aromatic carboxylic acids is 1. The molecular formula is C11H15N3O3. The zero-order valence-electron chi connectivity index (χ0n) is 9.33. The first-order valence-electron chi connectivity index (χ1n) is 5.64. The van der Waals surface area contributed by atoms with Crippen molar-refractivity contribution in [2.45, 2.75) is 37.8 Å². The summed E-state index contributed by atoms with van der Waals surface area (Å²) in [5.41, 5.74) is 0.0626. The van der Waals surface area contributed by atoms with Gasteiger partial charge in [-0.25, -0.2) is 14.8 Å². The molecule has 1 fully saturated rings. The molecule has 1 aliphatic rings. The van der Waals surface area contributed by atoms with Crippen molar-refractivity contribution in [3.63, 3.8) is 0 Å². The summed E-state index contributed by atoms with van der Waals surface area (Å²) in [5.74, 6) is -0.726. The molecular weight excluding hydrogens is 222 g/mol. The summed E-state index contributed by atoms with van der Waals surface area (Å²) in [6.07, 6.45) is 5.57. The van der Waals surface area contributed by atoms with Gasteiger partial charge in [0.05, 0.1) is 6.10 Å². The van der Waals surface area contributed by atoms with Crippen LogP contribution >= 0.6 is 0 Å². The molecule has 17 heavy (non-hydrogen) atoms. The number of aliphatic hydroxyl groups is 1. The Morgan fingerprint density at radius 3 is 3.00 bits per heavy atom. The van der Waals surface area contributed by atoms with Crippen molar-refractivity contribution in [2.24, 2.45) is 0 Å². The summed E-state index contributed by atoms with van der Waals surface area (Å²) in [5, 5.41) is 21.6. The monoisotopic (exact) mass is 237 g/mol. The predicted octanol–water partition coefficient (Wildman–Crippen LogP) is 0.890. The van der Waals surface area contributed by atoms with Crippen LogP contribution in [0.2, 0.25) is 0 Å². The number of rotatable bonds is 3. The first kappa shape index (κ1) is 11.8. The Kier molecular flexibility index (Phi) is 3.53. The molecule has 3 N–H and O–H groups in total. The van der Waals surface area contributed by atoms with Gasteiger partial charge in [0.2, 0.25) is 0 Å². The molecule has 0 aliphatic heterocycles. The summed E-state index contributed by atoms with van der Waals surface area (Å²) in [6, 6.07) is 0.0757. The SMILES string of the molecule is O=C(O)c1cncnc1N[C@@H]1CCC[C@H](O)C1. The molecule has 0 radical (unpaired) electrons. The number of hydrogen-bond donors (Lipinski definition) is 3. The maximum absolute atomic E-state index is 11.0. The second kappa shape index (κ2) is 5.09. The minimum atomic E-state index is -1.05. The van der Waals surface area contributed by atoms with Crippen LogP contribution in [0.3, 0.4) is 0 Å². The summed E-state index contributed by atoms with van der Waals surface area (Å²) in [6.45, 7) is 0. The fourth-order valence-electron chi connectivity index (χ4n) is 2.09. The van der Waals surface area contributed by atoms with Gasteiger partial charge in [0.1, 0.15) is 17.7 Å². The van der Waals surface area contributed by atoms with Crippen molar-refractivity contribution in [2.75, 3.05) is 5.32 Å². The van der Waals surface area contributed by atoms with Crippen LogP contribution in [0.25, 0.3) is 0 Å². The van der Waals surface area contributed by atoms with E-state index in [0.717, 1.165) is 19.3 Å². The lowest BCUT2D eigenvalue weighted by Gasteiger charge is -2.27. The van der Waals surface area contributed by atoms with Gasteiger partial charge in [-0.3, -0.25) is 0 Å². The molecule has 6 nitrogen and oxygen atoms in total. The molecule has 0 bridgehead atoms. The van der Waals surface area contributed by atoms with E-state index >= 15 is 0 Å². The summed E-state index contributed by atoms with van der Waals surface area (Å²) in [4.78, 5) is 18.6. The second-order valence-electron chi connectivity index (χ2n) is 4.25. The van der Waals surface area contributed by atoms with Crippen LogP contribution in [-0.2, 0) is 0 Å². The Balaban J connectivity index is 2.10. The van der Waals surface area contributed by atoms with E-state index in [1.165, 1.54) is 12.5 Å². The van der Waals surface area contributed by atoms with Gasteiger partial charge in [-0.2, -0.15) is 0 Å². The van der Waals surface area contributed by atoms with Crippen molar-refractivity contribution in [1.29, 1.82) is 0 Å². The number of aromatic nitrogens is 2. The first-order chi connectivity index (χ1) is 8.16. The van der Waals surface area contributed by atoms with Gasteiger partial charge in [0.25, 0.3) is 0 Å². The van der Waals surface area contributed by atoms with E-state index in [1.54, 1.807) is 0 Å². The maximum atomic E-state index is 11.0. The Morgan fingerprint density at radius 2 is 2.29 bits per heavy atom. The molecule has 0 aromatic carbocycles. The smallest absolute Gasteiger partial charge is 0.341 e. The molecule has 1 aromatic heterocycles. The molecule has 1 saturated carbocycles. The standard InChI is InChI=1S/C11H15N3O3/c15-8-3-1-2-7(4-8)14-10-9(11(16)17)5-12-6-13-10/h5-8,15H,1-4H2,(H,16,17)(H,12,13,14)/t7-,8+/m1/s1. The van der Waals surface area contributed by atoms with Gasteiger partial charge in [0, 0.05) is 12.2 Å². The predicted molar refractivity (Wildman–Crippen MR) is 60.9 cm³/mol. The van der Waals surface area contributed by atoms with E-state index in [2.05, 4.69) is 15.3 Å². The minimum absolute atomic E-state index is 0.0626. The van der Waals surface area contributed by atoms with Crippen LogP contribution in [0.15, 0.2) is 12.5 Å². The third-order valence-corrected chi connectivity index (χ3v) is 2.93. The molecule has 92 valence electrons. The van der Waals surface area contributed by atoms with E-state index in [9.17, 15) is 9.90 Å². The normalized spacial score (nSPS) is 24.3. The van der Waals surface area contributed by atoms with Gasteiger partial charge < -0.3 is 15.5 Å². The van der Waals surface area contributed by atoms with Crippen LogP contribution in [0.4, 0.5) is 5.82 Å². The maximum Gasteiger partial charge on any atom is 0.341 e. The molecule has 1 aromatic rings. The van der Waals surface area contributed by atoms with E-state index in [0.29, 0.717) is 12.2 Å². The van der Waals surface area contributed by atoms with Crippen LogP contribution in [0.5, 0.6) is 0 Å². The highest BCUT2D eigenvalue weighted by molar-refractivity contribution is 5.92. The van der Waals surface area contributed by atoms with Crippen molar-refractivity contribution in [3.8, 4) is 0 Å². The molecule has 0 amide bonds. The summed E-state index contributed by atoms with van der Waals surface area (Å²) >= 11 is 0. The lowest BCUT2D eigenvalue weighted by atomic mass is 9.93. The Hall–Kier alpha value is -1.69. The van der Waals surface area contributed by atoms with E-state index < -0.39 is 5.97 Å². The zero-order valence-corrected chi connectivity index (χ0v) is 9.33. The number of hydrogen-bond acceptors (Lipinski definition) is 5. The first-order valence-corrected chi connectivity index (χ1v) is 5.64. The van der Waals surface area contributed by atoms with Crippen molar-refractivity contribution in [3.05, 3.63) is 18.1 Å². The van der Waals surface area contributed by atoms with Gasteiger partial charge in [-0.05, 0) is 25.7 Å². The molecule has 1 heterocycles. The fourth-order valence-corrected chi connectivity index (χ4v) is 2.09. The van der Waals surface area contributed by atoms with Crippen LogP contribution in [-0.4, -0.2) is 38.3 Å². The van der Waals surface area contributed by atoms with Crippen molar-refractivity contribution >= 4 is 11.8 Å². The zero-order chi connectivity index (χ0) is 12.3. The number of carbonyl (C=O) groups is 1. The molecule has 6 heteroatoms. The highest BCUT2D eigenvalue weighted by atomic mass is 16.4. The van der Waals surface area contributed by atoms with Gasteiger partial charge in [-0.1, -0.05) is 0 Å². The second-order valence-corrected chi connectivity index (χ2v) is 4.25. The Bertz CT molecular complexity index is 411. The Labute approximate surface area is 98.7 Å². The van der Waals surface area contributed by atoms with Gasteiger partial charge >= 0.3 is 5.97 Å². The number of nitrogens with zero attached hydrogens (tertiary/aromatic N) is 2. The average molecular weight is 237 g/mol. The third kappa shape index (κ3) is 2.91. The molecule has 1 aliphatic carbocycles. The van der Waals surface area contributed by atoms with Crippen LogP contribution in [0.1, 0.15) is 36.0 Å². The number of carboxylic acids is 1. The molecule has 0 saturated heterocycles. The number of anilines is 1. The molecule has 0 unspecified atom stereocenters. The Morgan fingerprint density at radius 1 is 1.47 bits per heavy atom. The third-order valence-electron chi connectivity index (χ3n) is 2.93. The van der Waals surface area contributed by atoms with Crippen LogP contribution in [0, 0.1) is 0 Å². The quantitative estimate of drug-likeness (QED) is 0.722. The highest BCUT2D eigenvalue weighted by Gasteiger charge is 2.22. The number of nitrogens with one attached hydrogen (secondary N) is 1. The lowest BCUT2D eigenvalue weighted by molar-refractivity contribution is 0.0697. The topological polar surface area (TPSA) is 95.3 Å². The summed E-state index contributed by atoms with van der Waals surface area (Å²) < 4.78 is 0. The summed E-state index contributed by atoms with van der Waals surface area (Å²) in [7, 11) is 0. The van der Waals surface area contributed by atoms with E-state index in [1.807, 2.05) is 0 Å². The molecule has 0 spiro atoms. The van der Waals surface area contributed by atoms with Crippen molar-refractivity contribution < 1.29 is 15.0 Å².